The number of oxazole rings is 1. The van der Waals surface area contributed by atoms with Gasteiger partial charge in [-0.25, -0.2) is 13.8 Å². The van der Waals surface area contributed by atoms with Crippen molar-refractivity contribution < 1.29 is 13.2 Å². The van der Waals surface area contributed by atoms with E-state index in [1.165, 1.54) is 18.2 Å². The van der Waals surface area contributed by atoms with Gasteiger partial charge in [-0.2, -0.15) is 0 Å². The Hall–Kier alpha value is -2.53. The van der Waals surface area contributed by atoms with Crippen LogP contribution in [-0.2, 0) is 6.54 Å². The van der Waals surface area contributed by atoms with Gasteiger partial charge in [0.1, 0.15) is 17.9 Å². The molecule has 1 fully saturated rings. The predicted octanol–water partition coefficient (Wildman–Crippen LogP) is 4.96. The Balaban J connectivity index is 1.51. The Kier molecular flexibility index (Phi) is 4.32. The van der Waals surface area contributed by atoms with E-state index in [4.69, 9.17) is 4.42 Å². The summed E-state index contributed by atoms with van der Waals surface area (Å²) < 4.78 is 32.1. The summed E-state index contributed by atoms with van der Waals surface area (Å²) >= 11 is 0. The van der Waals surface area contributed by atoms with Crippen molar-refractivity contribution in [3.63, 3.8) is 0 Å². The summed E-state index contributed by atoms with van der Waals surface area (Å²) in [4.78, 5) is 6.81. The van der Waals surface area contributed by atoms with E-state index in [9.17, 15) is 8.78 Å². The highest BCUT2D eigenvalue weighted by Gasteiger charge is 2.27. The number of hydrogen-bond acceptors (Lipinski definition) is 3. The molecule has 128 valence electrons. The molecule has 3 aromatic rings. The van der Waals surface area contributed by atoms with Gasteiger partial charge in [-0.15, -0.1) is 0 Å². The molecule has 0 amide bonds. The van der Waals surface area contributed by atoms with Gasteiger partial charge in [0.15, 0.2) is 0 Å². The van der Waals surface area contributed by atoms with E-state index in [1.807, 2.05) is 6.07 Å². The molecule has 0 radical (unpaired) electrons. The molecule has 0 unspecified atom stereocenters. The molecular formula is C20H18F2N2O. The van der Waals surface area contributed by atoms with Gasteiger partial charge in [0, 0.05) is 18.2 Å². The molecule has 1 saturated heterocycles. The van der Waals surface area contributed by atoms with Crippen LogP contribution in [0.2, 0.25) is 0 Å². The molecule has 0 bridgehead atoms. The number of aromatic nitrogens is 1. The van der Waals surface area contributed by atoms with E-state index in [-0.39, 0.29) is 17.7 Å². The SMILES string of the molecule is Fc1ccc(-c2nc(CN3CCC[C@@H]3c3cccc(F)c3)co2)cc1. The van der Waals surface area contributed by atoms with Gasteiger partial charge in [-0.3, -0.25) is 4.90 Å². The van der Waals surface area contributed by atoms with E-state index in [0.717, 1.165) is 36.2 Å². The van der Waals surface area contributed by atoms with Gasteiger partial charge in [-0.05, 0) is 61.3 Å². The van der Waals surface area contributed by atoms with Crippen LogP contribution in [-0.4, -0.2) is 16.4 Å². The summed E-state index contributed by atoms with van der Waals surface area (Å²) in [5, 5.41) is 0. The van der Waals surface area contributed by atoms with Crippen molar-refractivity contribution in [3.05, 3.63) is 77.7 Å². The fourth-order valence-electron chi connectivity index (χ4n) is 3.42. The first-order valence-electron chi connectivity index (χ1n) is 8.39. The van der Waals surface area contributed by atoms with Gasteiger partial charge >= 0.3 is 0 Å². The third kappa shape index (κ3) is 3.46. The topological polar surface area (TPSA) is 29.3 Å². The van der Waals surface area contributed by atoms with Crippen LogP contribution >= 0.6 is 0 Å². The van der Waals surface area contributed by atoms with Crippen molar-refractivity contribution in [2.75, 3.05) is 6.54 Å². The van der Waals surface area contributed by atoms with E-state index in [0.29, 0.717) is 12.4 Å². The summed E-state index contributed by atoms with van der Waals surface area (Å²) in [6.07, 6.45) is 3.72. The molecule has 1 aliphatic heterocycles. The lowest BCUT2D eigenvalue weighted by atomic mass is 10.0. The molecule has 1 aromatic heterocycles. The van der Waals surface area contributed by atoms with Crippen LogP contribution in [0.25, 0.3) is 11.5 Å². The van der Waals surface area contributed by atoms with Gasteiger partial charge in [-0.1, -0.05) is 12.1 Å². The second kappa shape index (κ2) is 6.76. The minimum Gasteiger partial charge on any atom is -0.444 e. The Morgan fingerprint density at radius 1 is 1.08 bits per heavy atom. The Labute approximate surface area is 144 Å². The van der Waals surface area contributed by atoms with Crippen molar-refractivity contribution in [2.24, 2.45) is 0 Å². The Morgan fingerprint density at radius 2 is 1.92 bits per heavy atom. The lowest BCUT2D eigenvalue weighted by Gasteiger charge is -2.23. The molecule has 0 spiro atoms. The maximum absolute atomic E-state index is 13.5. The molecule has 0 saturated carbocycles. The predicted molar refractivity (Wildman–Crippen MR) is 90.7 cm³/mol. The monoisotopic (exact) mass is 340 g/mol. The van der Waals surface area contributed by atoms with Crippen LogP contribution in [0.3, 0.4) is 0 Å². The van der Waals surface area contributed by atoms with Gasteiger partial charge in [0.2, 0.25) is 5.89 Å². The first-order chi connectivity index (χ1) is 12.2. The molecule has 2 heterocycles. The number of halogens is 2. The van der Waals surface area contributed by atoms with Crippen LogP contribution in [0.1, 0.15) is 30.1 Å². The highest BCUT2D eigenvalue weighted by molar-refractivity contribution is 5.52. The first-order valence-corrected chi connectivity index (χ1v) is 8.39. The van der Waals surface area contributed by atoms with Crippen LogP contribution in [0.4, 0.5) is 8.78 Å². The second-order valence-electron chi connectivity index (χ2n) is 6.33. The molecular weight excluding hydrogens is 322 g/mol. The maximum atomic E-state index is 13.5. The standard InChI is InChI=1S/C20H18F2N2O/c21-16-8-6-14(7-9-16)20-23-18(13-25-20)12-24-10-2-5-19(24)15-3-1-4-17(22)11-15/h1,3-4,6-9,11,13,19H,2,5,10,12H2/t19-/m1/s1. The average molecular weight is 340 g/mol. The van der Waals surface area contributed by atoms with Crippen LogP contribution in [0.5, 0.6) is 0 Å². The summed E-state index contributed by atoms with van der Waals surface area (Å²) in [6.45, 7) is 1.59. The van der Waals surface area contributed by atoms with Crippen molar-refractivity contribution in [3.8, 4) is 11.5 Å². The van der Waals surface area contributed by atoms with Gasteiger partial charge < -0.3 is 4.42 Å². The molecule has 25 heavy (non-hydrogen) atoms. The number of rotatable bonds is 4. The maximum Gasteiger partial charge on any atom is 0.226 e. The highest BCUT2D eigenvalue weighted by atomic mass is 19.1. The molecule has 1 aliphatic rings. The first kappa shape index (κ1) is 16.0. The number of hydrogen-bond donors (Lipinski definition) is 0. The largest absolute Gasteiger partial charge is 0.444 e. The zero-order valence-electron chi connectivity index (χ0n) is 13.7. The second-order valence-corrected chi connectivity index (χ2v) is 6.33. The van der Waals surface area contributed by atoms with Crippen molar-refractivity contribution in [1.29, 1.82) is 0 Å². The van der Waals surface area contributed by atoms with Gasteiger partial charge in [0.25, 0.3) is 0 Å². The normalized spacial score (nSPS) is 17.9. The van der Waals surface area contributed by atoms with E-state index in [2.05, 4.69) is 9.88 Å². The van der Waals surface area contributed by atoms with Crippen molar-refractivity contribution >= 4 is 0 Å². The molecule has 0 aliphatic carbocycles. The summed E-state index contributed by atoms with van der Waals surface area (Å²) in [5.41, 5.74) is 2.57. The quantitative estimate of drug-likeness (QED) is 0.672. The van der Waals surface area contributed by atoms with Crippen molar-refractivity contribution in [2.45, 2.75) is 25.4 Å². The Bertz CT molecular complexity index is 860. The molecule has 4 rings (SSSR count). The third-order valence-corrected chi connectivity index (χ3v) is 4.61. The summed E-state index contributed by atoms with van der Waals surface area (Å²) in [7, 11) is 0. The van der Waals surface area contributed by atoms with E-state index >= 15 is 0 Å². The lowest BCUT2D eigenvalue weighted by molar-refractivity contribution is 0.245. The number of likely N-dealkylation sites (tertiary alicyclic amines) is 1. The van der Waals surface area contributed by atoms with Crippen LogP contribution in [0, 0.1) is 11.6 Å². The van der Waals surface area contributed by atoms with Crippen LogP contribution < -0.4 is 0 Å². The lowest BCUT2D eigenvalue weighted by Crippen LogP contribution is -2.23. The molecule has 0 N–H and O–H groups in total. The van der Waals surface area contributed by atoms with Crippen LogP contribution in [0.15, 0.2) is 59.2 Å². The zero-order valence-corrected chi connectivity index (χ0v) is 13.7. The average Bonchev–Trinajstić information content (AvgIpc) is 3.26. The van der Waals surface area contributed by atoms with Crippen molar-refractivity contribution in [1.82, 2.24) is 9.88 Å². The molecule has 1 atom stereocenters. The smallest absolute Gasteiger partial charge is 0.226 e. The fourth-order valence-corrected chi connectivity index (χ4v) is 3.42. The minimum absolute atomic E-state index is 0.196. The van der Waals surface area contributed by atoms with Gasteiger partial charge in [0.05, 0.1) is 5.69 Å². The zero-order chi connectivity index (χ0) is 17.2. The fraction of sp³-hybridized carbons (Fsp3) is 0.250. The summed E-state index contributed by atoms with van der Waals surface area (Å²) in [5.74, 6) is -0.00795. The van der Waals surface area contributed by atoms with E-state index in [1.54, 1.807) is 30.5 Å². The molecule has 5 heteroatoms. The summed E-state index contributed by atoms with van der Waals surface area (Å²) in [6, 6.07) is 13.1. The highest BCUT2D eigenvalue weighted by Crippen LogP contribution is 2.33. The van der Waals surface area contributed by atoms with E-state index < -0.39 is 0 Å². The number of nitrogens with zero attached hydrogens (tertiary/aromatic N) is 2. The number of benzene rings is 2. The third-order valence-electron chi connectivity index (χ3n) is 4.61. The molecule has 3 nitrogen and oxygen atoms in total. The minimum atomic E-state index is -0.287. The molecule has 2 aromatic carbocycles. The Morgan fingerprint density at radius 3 is 2.72 bits per heavy atom.